The number of benzene rings is 1. The summed E-state index contributed by atoms with van der Waals surface area (Å²) in [5.74, 6) is -0.0593. The highest BCUT2D eigenvalue weighted by atomic mass is 35.5. The van der Waals surface area contributed by atoms with Crippen molar-refractivity contribution in [2.45, 2.75) is 26.3 Å². The van der Waals surface area contributed by atoms with Gasteiger partial charge in [-0.25, -0.2) is 0 Å². The molecule has 0 fully saturated rings. The van der Waals surface area contributed by atoms with Crippen molar-refractivity contribution in [3.8, 4) is 0 Å². The van der Waals surface area contributed by atoms with Gasteiger partial charge >= 0.3 is 0 Å². The maximum absolute atomic E-state index is 11.3. The highest BCUT2D eigenvalue weighted by molar-refractivity contribution is 5.85. The summed E-state index contributed by atoms with van der Waals surface area (Å²) < 4.78 is 0. The molecule has 0 radical (unpaired) electrons. The summed E-state index contributed by atoms with van der Waals surface area (Å²) in [6.45, 7) is 4.07. The van der Waals surface area contributed by atoms with Gasteiger partial charge in [0.25, 0.3) is 0 Å². The van der Waals surface area contributed by atoms with Gasteiger partial charge in [0, 0.05) is 5.69 Å². The standard InChI is InChI=1S/C12H18N2O.ClH/c1-3-9(2)11(12(13)15)14-10-7-5-4-6-8-10;/h4-9,11,14H,3H2,1-2H3,(H2,13,15);1H/t9-,11-;/m0./s1. The molecule has 1 aromatic carbocycles. The number of hydrogen-bond donors (Lipinski definition) is 2. The van der Waals surface area contributed by atoms with Gasteiger partial charge in [-0.3, -0.25) is 4.79 Å². The second-order valence-corrected chi connectivity index (χ2v) is 3.78. The predicted molar refractivity (Wildman–Crippen MR) is 69.8 cm³/mol. The molecule has 16 heavy (non-hydrogen) atoms. The maximum atomic E-state index is 11.3. The first-order valence-corrected chi connectivity index (χ1v) is 5.26. The Morgan fingerprint density at radius 3 is 2.38 bits per heavy atom. The Hall–Kier alpha value is -1.22. The number of amides is 1. The molecule has 0 aromatic heterocycles. The number of nitrogens with one attached hydrogen (secondary N) is 1. The van der Waals surface area contributed by atoms with Crippen molar-refractivity contribution in [2.24, 2.45) is 11.7 Å². The van der Waals surface area contributed by atoms with Crippen molar-refractivity contribution in [3.63, 3.8) is 0 Å². The third-order valence-corrected chi connectivity index (χ3v) is 2.62. The summed E-state index contributed by atoms with van der Waals surface area (Å²) in [6.07, 6.45) is 0.924. The van der Waals surface area contributed by atoms with Gasteiger partial charge in [0.15, 0.2) is 0 Å². The minimum Gasteiger partial charge on any atom is -0.373 e. The van der Waals surface area contributed by atoms with E-state index < -0.39 is 0 Å². The molecule has 1 rings (SSSR count). The van der Waals surface area contributed by atoms with Gasteiger partial charge in [0.1, 0.15) is 6.04 Å². The average molecular weight is 243 g/mol. The number of carbonyl (C=O) groups excluding carboxylic acids is 1. The minimum absolute atomic E-state index is 0. The van der Waals surface area contributed by atoms with Crippen LogP contribution in [-0.4, -0.2) is 11.9 Å². The van der Waals surface area contributed by atoms with Gasteiger partial charge < -0.3 is 11.1 Å². The molecule has 90 valence electrons. The third-order valence-electron chi connectivity index (χ3n) is 2.62. The molecule has 0 saturated heterocycles. The zero-order valence-corrected chi connectivity index (χ0v) is 10.5. The summed E-state index contributed by atoms with van der Waals surface area (Å²) in [5.41, 5.74) is 6.29. The topological polar surface area (TPSA) is 55.1 Å². The van der Waals surface area contributed by atoms with Gasteiger partial charge in [0.05, 0.1) is 0 Å². The van der Waals surface area contributed by atoms with Gasteiger partial charge in [-0.2, -0.15) is 0 Å². The Morgan fingerprint density at radius 1 is 1.38 bits per heavy atom. The van der Waals surface area contributed by atoms with E-state index in [0.717, 1.165) is 12.1 Å². The second kappa shape index (κ2) is 7.12. The average Bonchev–Trinajstić information content (AvgIpc) is 2.26. The fourth-order valence-corrected chi connectivity index (χ4v) is 1.44. The number of halogens is 1. The van der Waals surface area contributed by atoms with Crippen molar-refractivity contribution >= 4 is 24.0 Å². The number of hydrogen-bond acceptors (Lipinski definition) is 2. The van der Waals surface area contributed by atoms with Gasteiger partial charge in [-0.1, -0.05) is 38.5 Å². The smallest absolute Gasteiger partial charge is 0.240 e. The second-order valence-electron chi connectivity index (χ2n) is 3.78. The fourth-order valence-electron chi connectivity index (χ4n) is 1.44. The van der Waals surface area contributed by atoms with Crippen molar-refractivity contribution in [2.75, 3.05) is 5.32 Å². The molecule has 0 bridgehead atoms. The van der Waals surface area contributed by atoms with E-state index >= 15 is 0 Å². The Morgan fingerprint density at radius 2 is 1.94 bits per heavy atom. The molecule has 1 amide bonds. The fraction of sp³-hybridized carbons (Fsp3) is 0.417. The largest absolute Gasteiger partial charge is 0.373 e. The zero-order valence-electron chi connectivity index (χ0n) is 9.64. The van der Waals surface area contributed by atoms with E-state index in [1.54, 1.807) is 0 Å². The highest BCUT2D eigenvalue weighted by Gasteiger charge is 2.20. The van der Waals surface area contributed by atoms with Crippen LogP contribution in [0.4, 0.5) is 5.69 Å². The Bertz CT molecular complexity index is 316. The van der Waals surface area contributed by atoms with E-state index in [4.69, 9.17) is 5.73 Å². The summed E-state index contributed by atoms with van der Waals surface area (Å²) in [5, 5.41) is 3.15. The molecule has 0 saturated carbocycles. The van der Waals surface area contributed by atoms with Crippen LogP contribution in [0.2, 0.25) is 0 Å². The van der Waals surface area contributed by atoms with Crippen LogP contribution in [0.25, 0.3) is 0 Å². The predicted octanol–water partition coefficient (Wildman–Crippen LogP) is 2.42. The van der Waals surface area contributed by atoms with Crippen molar-refractivity contribution < 1.29 is 4.79 Å². The number of rotatable bonds is 5. The normalized spacial score (nSPS) is 13.4. The molecular weight excluding hydrogens is 224 g/mol. The maximum Gasteiger partial charge on any atom is 0.240 e. The lowest BCUT2D eigenvalue weighted by Gasteiger charge is -2.22. The first kappa shape index (κ1) is 14.8. The van der Waals surface area contributed by atoms with Crippen molar-refractivity contribution in [1.82, 2.24) is 0 Å². The molecule has 2 atom stereocenters. The quantitative estimate of drug-likeness (QED) is 0.833. The summed E-state index contributed by atoms with van der Waals surface area (Å²) in [7, 11) is 0. The lowest BCUT2D eigenvalue weighted by molar-refractivity contribution is -0.119. The van der Waals surface area contributed by atoms with Crippen molar-refractivity contribution in [3.05, 3.63) is 30.3 Å². The van der Waals surface area contributed by atoms with E-state index in [-0.39, 0.29) is 30.3 Å². The molecule has 0 aliphatic rings. The molecule has 0 aliphatic heterocycles. The summed E-state index contributed by atoms with van der Waals surface area (Å²) in [4.78, 5) is 11.3. The van der Waals surface area contributed by atoms with Crippen LogP contribution in [0.15, 0.2) is 30.3 Å². The molecule has 4 heteroatoms. The van der Waals surface area contributed by atoms with Crippen LogP contribution in [0.5, 0.6) is 0 Å². The van der Waals surface area contributed by atoms with E-state index in [9.17, 15) is 4.79 Å². The van der Waals surface area contributed by atoms with Gasteiger partial charge in [-0.15, -0.1) is 12.4 Å². The zero-order chi connectivity index (χ0) is 11.3. The van der Waals surface area contributed by atoms with E-state index in [1.807, 2.05) is 44.2 Å². The molecule has 0 aliphatic carbocycles. The van der Waals surface area contributed by atoms with Crippen molar-refractivity contribution in [1.29, 1.82) is 0 Å². The molecule has 3 nitrogen and oxygen atoms in total. The number of para-hydroxylation sites is 1. The Kier molecular flexibility index (Phi) is 6.58. The number of nitrogens with two attached hydrogens (primary N) is 1. The van der Waals surface area contributed by atoms with Crippen LogP contribution in [0.1, 0.15) is 20.3 Å². The minimum atomic E-state index is -0.298. The van der Waals surface area contributed by atoms with E-state index in [0.29, 0.717) is 0 Å². The molecule has 0 heterocycles. The Balaban J connectivity index is 0.00000225. The number of carbonyl (C=O) groups is 1. The summed E-state index contributed by atoms with van der Waals surface area (Å²) >= 11 is 0. The van der Waals surface area contributed by atoms with Crippen LogP contribution in [-0.2, 0) is 4.79 Å². The van der Waals surface area contributed by atoms with Gasteiger partial charge in [0.2, 0.25) is 5.91 Å². The van der Waals surface area contributed by atoms with Crippen LogP contribution in [0.3, 0.4) is 0 Å². The first-order chi connectivity index (χ1) is 7.15. The number of anilines is 1. The molecule has 0 spiro atoms. The SMILES string of the molecule is CC[C@H](C)[C@H](Nc1ccccc1)C(N)=O.Cl. The van der Waals surface area contributed by atoms with Crippen LogP contribution >= 0.6 is 12.4 Å². The third kappa shape index (κ3) is 4.11. The van der Waals surface area contributed by atoms with Gasteiger partial charge in [-0.05, 0) is 18.1 Å². The molecule has 3 N–H and O–H groups in total. The molecular formula is C12H19ClN2O. The number of primary amides is 1. The molecule has 1 aromatic rings. The lowest BCUT2D eigenvalue weighted by Crippen LogP contribution is -2.40. The van der Waals surface area contributed by atoms with E-state index in [2.05, 4.69) is 5.32 Å². The van der Waals surface area contributed by atoms with E-state index in [1.165, 1.54) is 0 Å². The Labute approximate surface area is 103 Å². The molecule has 0 unspecified atom stereocenters. The first-order valence-electron chi connectivity index (χ1n) is 5.26. The highest BCUT2D eigenvalue weighted by Crippen LogP contribution is 2.14. The van der Waals surface area contributed by atoms with Crippen LogP contribution in [0, 0.1) is 5.92 Å². The van der Waals surface area contributed by atoms with Crippen LogP contribution < -0.4 is 11.1 Å². The lowest BCUT2D eigenvalue weighted by atomic mass is 9.98. The summed E-state index contributed by atoms with van der Waals surface area (Å²) in [6, 6.07) is 9.36. The monoisotopic (exact) mass is 242 g/mol.